The SMILES string of the molecule is CCC1[C@@H](NC(=O)C2CC2)[C@@](F)(Cc2ccccc2)C(=O)N1c1ccc2c(cnn2-c2ccc(F)cc2)c1. The number of hydrogen-bond donors (Lipinski definition) is 1. The maximum absolute atomic E-state index is 17.0. The minimum absolute atomic E-state index is 0.105. The third kappa shape index (κ3) is 4.14. The molecule has 38 heavy (non-hydrogen) atoms. The monoisotopic (exact) mass is 514 g/mol. The van der Waals surface area contributed by atoms with Crippen molar-refractivity contribution < 1.29 is 18.4 Å². The fourth-order valence-electron chi connectivity index (χ4n) is 5.53. The van der Waals surface area contributed by atoms with Gasteiger partial charge in [0.1, 0.15) is 5.82 Å². The van der Waals surface area contributed by atoms with Gasteiger partial charge in [0.25, 0.3) is 5.91 Å². The molecule has 0 radical (unpaired) electrons. The molecule has 1 N–H and O–H groups in total. The zero-order chi connectivity index (χ0) is 26.4. The Morgan fingerprint density at radius 1 is 1.05 bits per heavy atom. The van der Waals surface area contributed by atoms with Gasteiger partial charge in [-0.05, 0) is 67.3 Å². The number of alkyl halides is 1. The van der Waals surface area contributed by atoms with E-state index in [-0.39, 0.29) is 24.1 Å². The van der Waals surface area contributed by atoms with Gasteiger partial charge in [-0.1, -0.05) is 37.3 Å². The molecule has 1 saturated heterocycles. The largest absolute Gasteiger partial charge is 0.347 e. The molecule has 2 amide bonds. The van der Waals surface area contributed by atoms with Gasteiger partial charge in [0.2, 0.25) is 11.6 Å². The first-order valence-electron chi connectivity index (χ1n) is 13.0. The van der Waals surface area contributed by atoms with Crippen LogP contribution in [0.5, 0.6) is 0 Å². The Balaban J connectivity index is 1.39. The van der Waals surface area contributed by atoms with Crippen molar-refractivity contribution in [2.24, 2.45) is 5.92 Å². The zero-order valence-electron chi connectivity index (χ0n) is 21.0. The number of carbonyl (C=O) groups excluding carboxylic acids is 2. The fourth-order valence-corrected chi connectivity index (χ4v) is 5.53. The van der Waals surface area contributed by atoms with E-state index < -0.39 is 23.7 Å². The summed E-state index contributed by atoms with van der Waals surface area (Å²) in [4.78, 5) is 28.2. The van der Waals surface area contributed by atoms with Crippen molar-refractivity contribution in [3.05, 3.63) is 90.4 Å². The van der Waals surface area contributed by atoms with E-state index in [0.717, 1.165) is 23.7 Å². The molecule has 0 spiro atoms. The zero-order valence-corrected chi connectivity index (χ0v) is 21.0. The van der Waals surface area contributed by atoms with E-state index in [0.29, 0.717) is 23.4 Å². The summed E-state index contributed by atoms with van der Waals surface area (Å²) in [7, 11) is 0. The van der Waals surface area contributed by atoms with Crippen LogP contribution in [0.2, 0.25) is 0 Å². The number of anilines is 1. The second kappa shape index (κ2) is 9.35. The van der Waals surface area contributed by atoms with E-state index in [1.807, 2.05) is 37.3 Å². The van der Waals surface area contributed by atoms with Gasteiger partial charge < -0.3 is 10.2 Å². The van der Waals surface area contributed by atoms with Crippen molar-refractivity contribution in [3.8, 4) is 5.69 Å². The first kappa shape index (κ1) is 24.3. The molecular weight excluding hydrogens is 486 g/mol. The van der Waals surface area contributed by atoms with E-state index in [1.165, 1.54) is 17.0 Å². The third-order valence-electron chi connectivity index (χ3n) is 7.65. The molecule has 1 aromatic heterocycles. The number of hydrogen-bond acceptors (Lipinski definition) is 3. The molecule has 1 aliphatic carbocycles. The molecule has 194 valence electrons. The minimum Gasteiger partial charge on any atom is -0.347 e. The number of halogens is 2. The van der Waals surface area contributed by atoms with Gasteiger partial charge >= 0.3 is 0 Å². The minimum atomic E-state index is -2.29. The summed E-state index contributed by atoms with van der Waals surface area (Å²) < 4.78 is 32.1. The number of aromatic nitrogens is 2. The lowest BCUT2D eigenvalue weighted by atomic mass is 9.87. The number of benzene rings is 3. The lowest BCUT2D eigenvalue weighted by Gasteiger charge is -2.29. The normalized spacial score (nSPS) is 23.2. The first-order chi connectivity index (χ1) is 18.4. The van der Waals surface area contributed by atoms with Crippen LogP contribution in [-0.2, 0) is 16.0 Å². The quantitative estimate of drug-likeness (QED) is 0.372. The Bertz CT molecular complexity index is 1500. The lowest BCUT2D eigenvalue weighted by molar-refractivity contribution is -0.129. The van der Waals surface area contributed by atoms with E-state index >= 15 is 4.39 Å². The van der Waals surface area contributed by atoms with Crippen LogP contribution in [0.25, 0.3) is 16.6 Å². The average Bonchev–Trinajstić information content (AvgIpc) is 3.67. The molecule has 1 unspecified atom stereocenters. The number of carbonyl (C=O) groups is 2. The summed E-state index contributed by atoms with van der Waals surface area (Å²) in [6.45, 7) is 1.90. The third-order valence-corrected chi connectivity index (χ3v) is 7.65. The summed E-state index contributed by atoms with van der Waals surface area (Å²) >= 11 is 0. The molecule has 1 aliphatic heterocycles. The summed E-state index contributed by atoms with van der Waals surface area (Å²) in [5.74, 6) is -1.28. The van der Waals surface area contributed by atoms with Crippen LogP contribution in [0.3, 0.4) is 0 Å². The maximum Gasteiger partial charge on any atom is 0.267 e. The summed E-state index contributed by atoms with van der Waals surface area (Å²) in [5.41, 5.74) is 0.425. The smallest absolute Gasteiger partial charge is 0.267 e. The van der Waals surface area contributed by atoms with Gasteiger partial charge in [0, 0.05) is 23.4 Å². The molecule has 4 aromatic rings. The van der Waals surface area contributed by atoms with Crippen molar-refractivity contribution >= 4 is 28.4 Å². The number of nitrogens with zero attached hydrogens (tertiary/aromatic N) is 3. The van der Waals surface area contributed by atoms with Gasteiger partial charge in [0.15, 0.2) is 0 Å². The molecule has 6 nitrogen and oxygen atoms in total. The molecule has 8 heteroatoms. The molecule has 2 heterocycles. The maximum atomic E-state index is 17.0. The van der Waals surface area contributed by atoms with Crippen LogP contribution in [0.15, 0.2) is 79.0 Å². The van der Waals surface area contributed by atoms with Crippen LogP contribution < -0.4 is 10.2 Å². The first-order valence-corrected chi connectivity index (χ1v) is 13.0. The second-order valence-corrected chi connectivity index (χ2v) is 10.2. The highest BCUT2D eigenvalue weighted by atomic mass is 19.1. The number of fused-ring (bicyclic) bond motifs is 1. The summed E-state index contributed by atoms with van der Waals surface area (Å²) in [5, 5.41) is 8.13. The van der Waals surface area contributed by atoms with Crippen LogP contribution in [-0.4, -0.2) is 39.3 Å². The standard InChI is InChI=1S/C30H28F2N4O2/c1-2-25-27(34-28(37)20-8-9-20)30(32,17-19-6-4-3-5-7-19)29(38)35(25)24-14-15-26-21(16-24)18-33-36(26)23-12-10-22(31)11-13-23/h3-7,10-16,18,20,25,27H,2,8-9,17H2,1H3,(H,34,37)/t25?,27-,30+/m1/s1. The Hall–Kier alpha value is -4.07. The van der Waals surface area contributed by atoms with Crippen molar-refractivity contribution in [1.29, 1.82) is 0 Å². The van der Waals surface area contributed by atoms with Gasteiger partial charge in [0.05, 0.1) is 29.5 Å². The predicted octanol–water partition coefficient (Wildman–Crippen LogP) is 5.14. The van der Waals surface area contributed by atoms with E-state index in [4.69, 9.17) is 0 Å². The molecule has 6 rings (SSSR count). The average molecular weight is 515 g/mol. The van der Waals surface area contributed by atoms with Gasteiger partial charge in [-0.2, -0.15) is 5.10 Å². The fraction of sp³-hybridized carbons (Fsp3) is 0.300. The van der Waals surface area contributed by atoms with Crippen LogP contribution in [0.1, 0.15) is 31.7 Å². The van der Waals surface area contributed by atoms with Gasteiger partial charge in [-0.3, -0.25) is 9.59 Å². The summed E-state index contributed by atoms with van der Waals surface area (Å²) in [6, 6.07) is 19.0. The highest BCUT2D eigenvalue weighted by molar-refractivity contribution is 6.05. The van der Waals surface area contributed by atoms with Crippen molar-refractivity contribution in [2.45, 2.75) is 50.4 Å². The van der Waals surface area contributed by atoms with Crippen LogP contribution >= 0.6 is 0 Å². The van der Waals surface area contributed by atoms with E-state index in [2.05, 4.69) is 10.4 Å². The molecule has 2 fully saturated rings. The van der Waals surface area contributed by atoms with Gasteiger partial charge in [-0.15, -0.1) is 0 Å². The Morgan fingerprint density at radius 2 is 1.76 bits per heavy atom. The molecule has 3 atom stereocenters. The van der Waals surface area contributed by atoms with E-state index in [1.54, 1.807) is 41.2 Å². The molecule has 2 aliphatic rings. The molecule has 1 saturated carbocycles. The number of rotatable bonds is 7. The Labute approximate surface area is 219 Å². The lowest BCUT2D eigenvalue weighted by Crippen LogP contribution is -2.55. The second-order valence-electron chi connectivity index (χ2n) is 10.2. The van der Waals surface area contributed by atoms with Crippen molar-refractivity contribution in [3.63, 3.8) is 0 Å². The Morgan fingerprint density at radius 3 is 2.45 bits per heavy atom. The summed E-state index contributed by atoms with van der Waals surface area (Å²) in [6.07, 6.45) is 3.59. The van der Waals surface area contributed by atoms with E-state index in [9.17, 15) is 14.0 Å². The molecule has 3 aromatic carbocycles. The number of amides is 2. The van der Waals surface area contributed by atoms with Crippen molar-refractivity contribution in [2.75, 3.05) is 4.90 Å². The van der Waals surface area contributed by atoms with Crippen LogP contribution in [0.4, 0.5) is 14.5 Å². The molecule has 0 bridgehead atoms. The van der Waals surface area contributed by atoms with Crippen LogP contribution in [0, 0.1) is 11.7 Å². The number of nitrogens with one attached hydrogen (secondary N) is 1. The molecular formula is C30H28F2N4O2. The topological polar surface area (TPSA) is 67.2 Å². The van der Waals surface area contributed by atoms with Gasteiger partial charge in [-0.25, -0.2) is 13.5 Å². The Kier molecular flexibility index (Phi) is 5.97. The highest BCUT2D eigenvalue weighted by Gasteiger charge is 2.61. The van der Waals surface area contributed by atoms with Crippen molar-refractivity contribution in [1.82, 2.24) is 15.1 Å². The predicted molar refractivity (Wildman–Crippen MR) is 141 cm³/mol. The highest BCUT2D eigenvalue weighted by Crippen LogP contribution is 2.41.